The van der Waals surface area contributed by atoms with Crippen LogP contribution in [0.5, 0.6) is 0 Å². The third-order valence-electron chi connectivity index (χ3n) is 4.30. The van der Waals surface area contributed by atoms with Crippen LogP contribution in [0.4, 0.5) is 0 Å². The maximum atomic E-state index is 12.1. The number of hydrogen-bond acceptors (Lipinski definition) is 3. The molecule has 2 fully saturated rings. The Kier molecular flexibility index (Phi) is 3.92. The average Bonchev–Trinajstić information content (AvgIpc) is 3.33. The van der Waals surface area contributed by atoms with Crippen LogP contribution in [0.2, 0.25) is 0 Å². The number of benzene rings is 1. The molecule has 0 spiro atoms. The Bertz CT molecular complexity index is 520. The monoisotopic (exact) mass is 287 g/mol. The Balaban J connectivity index is 1.66. The highest BCUT2D eigenvalue weighted by molar-refractivity contribution is 5.82. The van der Waals surface area contributed by atoms with Crippen molar-refractivity contribution in [2.24, 2.45) is 11.7 Å². The average molecular weight is 287 g/mol. The molecule has 5 nitrogen and oxygen atoms in total. The number of carbonyl (C=O) groups is 2. The van der Waals surface area contributed by atoms with E-state index in [2.05, 4.69) is 4.90 Å². The predicted octanol–water partition coefficient (Wildman–Crippen LogP) is 0.767. The summed E-state index contributed by atoms with van der Waals surface area (Å²) in [6.45, 7) is 2.76. The van der Waals surface area contributed by atoms with Gasteiger partial charge in [0.25, 0.3) is 0 Å². The maximum Gasteiger partial charge on any atom is 0.239 e. The zero-order valence-corrected chi connectivity index (χ0v) is 12.1. The lowest BCUT2D eigenvalue weighted by molar-refractivity contribution is -0.135. The molecule has 2 N–H and O–H groups in total. The second-order valence-electron chi connectivity index (χ2n) is 5.85. The summed E-state index contributed by atoms with van der Waals surface area (Å²) in [6.07, 6.45) is 2.07. The molecule has 1 aromatic carbocycles. The number of piperazine rings is 1. The summed E-state index contributed by atoms with van der Waals surface area (Å²) in [7, 11) is 0. The van der Waals surface area contributed by atoms with Gasteiger partial charge in [0, 0.05) is 32.1 Å². The van der Waals surface area contributed by atoms with Gasteiger partial charge in [0.1, 0.15) is 6.04 Å². The number of carbonyl (C=O) groups excluding carboxylic acids is 2. The first-order valence-corrected chi connectivity index (χ1v) is 7.54. The predicted molar refractivity (Wildman–Crippen MR) is 79.3 cm³/mol. The number of nitrogens with two attached hydrogens (primary N) is 1. The van der Waals surface area contributed by atoms with Crippen molar-refractivity contribution in [3.63, 3.8) is 0 Å². The largest absolute Gasteiger partial charge is 0.368 e. The molecule has 21 heavy (non-hydrogen) atoms. The van der Waals surface area contributed by atoms with Crippen molar-refractivity contribution < 1.29 is 9.59 Å². The number of amides is 2. The molecule has 1 heterocycles. The summed E-state index contributed by atoms with van der Waals surface area (Å²) >= 11 is 0. The van der Waals surface area contributed by atoms with Crippen LogP contribution in [0.15, 0.2) is 30.3 Å². The first-order valence-electron chi connectivity index (χ1n) is 7.54. The van der Waals surface area contributed by atoms with Crippen LogP contribution in [0.1, 0.15) is 24.4 Å². The van der Waals surface area contributed by atoms with Crippen molar-refractivity contribution in [2.45, 2.75) is 18.9 Å². The van der Waals surface area contributed by atoms with Crippen LogP contribution in [-0.4, -0.2) is 47.8 Å². The van der Waals surface area contributed by atoms with Crippen molar-refractivity contribution in [1.29, 1.82) is 0 Å². The van der Waals surface area contributed by atoms with Crippen LogP contribution in [0.25, 0.3) is 0 Å². The van der Waals surface area contributed by atoms with E-state index < -0.39 is 6.04 Å². The van der Waals surface area contributed by atoms with Gasteiger partial charge in [-0.25, -0.2) is 0 Å². The lowest BCUT2D eigenvalue weighted by atomic mass is 10.0. The molecule has 0 aromatic heterocycles. The molecule has 1 saturated heterocycles. The Morgan fingerprint density at radius 3 is 2.19 bits per heavy atom. The molecule has 0 radical (unpaired) electrons. The van der Waals surface area contributed by atoms with E-state index in [9.17, 15) is 9.59 Å². The minimum Gasteiger partial charge on any atom is -0.368 e. The second-order valence-corrected chi connectivity index (χ2v) is 5.85. The van der Waals surface area contributed by atoms with E-state index in [1.807, 2.05) is 35.2 Å². The second kappa shape index (κ2) is 5.85. The van der Waals surface area contributed by atoms with E-state index in [-0.39, 0.29) is 17.7 Å². The van der Waals surface area contributed by atoms with Gasteiger partial charge in [0.15, 0.2) is 0 Å². The minimum atomic E-state index is -0.399. The third kappa shape index (κ3) is 3.08. The van der Waals surface area contributed by atoms with Crippen LogP contribution in [0, 0.1) is 5.92 Å². The molecule has 1 atom stereocenters. The molecule has 1 saturated carbocycles. The molecule has 1 unspecified atom stereocenters. The van der Waals surface area contributed by atoms with Gasteiger partial charge in [-0.05, 0) is 18.4 Å². The third-order valence-corrected chi connectivity index (χ3v) is 4.30. The number of nitrogens with zero attached hydrogens (tertiary/aromatic N) is 2. The number of primary amides is 1. The Morgan fingerprint density at radius 2 is 1.67 bits per heavy atom. The molecular weight excluding hydrogens is 266 g/mol. The maximum absolute atomic E-state index is 12.1. The van der Waals surface area contributed by atoms with Gasteiger partial charge >= 0.3 is 0 Å². The molecule has 2 aliphatic rings. The summed E-state index contributed by atoms with van der Waals surface area (Å²) in [4.78, 5) is 27.9. The Hall–Kier alpha value is -1.88. The zero-order valence-electron chi connectivity index (χ0n) is 12.1. The van der Waals surface area contributed by atoms with Gasteiger partial charge in [-0.2, -0.15) is 0 Å². The summed E-state index contributed by atoms with van der Waals surface area (Å²) in [5.41, 5.74) is 6.51. The summed E-state index contributed by atoms with van der Waals surface area (Å²) < 4.78 is 0. The fraction of sp³-hybridized carbons (Fsp3) is 0.500. The molecular formula is C16H21N3O2. The van der Waals surface area contributed by atoms with Crippen LogP contribution in [-0.2, 0) is 9.59 Å². The summed E-state index contributed by atoms with van der Waals surface area (Å²) in [5, 5.41) is 0. The minimum absolute atomic E-state index is 0.262. The van der Waals surface area contributed by atoms with E-state index in [4.69, 9.17) is 5.73 Å². The van der Waals surface area contributed by atoms with Gasteiger partial charge in [-0.15, -0.1) is 0 Å². The fourth-order valence-electron chi connectivity index (χ4n) is 2.98. The van der Waals surface area contributed by atoms with Gasteiger partial charge in [-0.3, -0.25) is 14.5 Å². The molecule has 0 bridgehead atoms. The van der Waals surface area contributed by atoms with Crippen molar-refractivity contribution in [3.05, 3.63) is 35.9 Å². The highest BCUT2D eigenvalue weighted by atomic mass is 16.2. The molecule has 1 aliphatic heterocycles. The zero-order chi connectivity index (χ0) is 14.8. The van der Waals surface area contributed by atoms with E-state index in [0.29, 0.717) is 26.2 Å². The van der Waals surface area contributed by atoms with Crippen molar-refractivity contribution in [3.8, 4) is 0 Å². The lowest BCUT2D eigenvalue weighted by Crippen LogP contribution is -2.52. The van der Waals surface area contributed by atoms with Gasteiger partial charge in [0.2, 0.25) is 11.8 Å². The Morgan fingerprint density at radius 1 is 1.05 bits per heavy atom. The quantitative estimate of drug-likeness (QED) is 0.889. The molecule has 112 valence electrons. The van der Waals surface area contributed by atoms with Gasteiger partial charge in [0.05, 0.1) is 0 Å². The fourth-order valence-corrected chi connectivity index (χ4v) is 2.98. The first kappa shape index (κ1) is 14.1. The van der Waals surface area contributed by atoms with Crippen molar-refractivity contribution in [1.82, 2.24) is 9.80 Å². The van der Waals surface area contributed by atoms with E-state index >= 15 is 0 Å². The van der Waals surface area contributed by atoms with Crippen LogP contribution >= 0.6 is 0 Å². The van der Waals surface area contributed by atoms with Gasteiger partial charge in [-0.1, -0.05) is 30.3 Å². The lowest BCUT2D eigenvalue weighted by Gasteiger charge is -2.38. The SMILES string of the molecule is NC(=O)C(c1ccccc1)N1CCN(C(=O)C2CC2)CC1. The molecule has 1 aliphatic carbocycles. The van der Waals surface area contributed by atoms with Crippen LogP contribution < -0.4 is 5.73 Å². The van der Waals surface area contributed by atoms with E-state index in [0.717, 1.165) is 18.4 Å². The topological polar surface area (TPSA) is 66.6 Å². The number of hydrogen-bond donors (Lipinski definition) is 1. The highest BCUT2D eigenvalue weighted by Crippen LogP contribution is 2.31. The molecule has 3 rings (SSSR count). The smallest absolute Gasteiger partial charge is 0.239 e. The molecule has 1 aromatic rings. The Labute approximate surface area is 124 Å². The van der Waals surface area contributed by atoms with Crippen molar-refractivity contribution in [2.75, 3.05) is 26.2 Å². The van der Waals surface area contributed by atoms with E-state index in [1.54, 1.807) is 0 Å². The van der Waals surface area contributed by atoms with Crippen molar-refractivity contribution >= 4 is 11.8 Å². The number of rotatable bonds is 4. The summed E-state index contributed by atoms with van der Waals surface area (Å²) in [5.74, 6) is 0.214. The van der Waals surface area contributed by atoms with E-state index in [1.165, 1.54) is 0 Å². The highest BCUT2D eigenvalue weighted by Gasteiger charge is 2.36. The molecule has 5 heteroatoms. The standard InChI is InChI=1S/C16H21N3O2/c17-15(20)14(12-4-2-1-3-5-12)18-8-10-19(11-9-18)16(21)13-6-7-13/h1-5,13-14H,6-11H2,(H2,17,20). The summed E-state index contributed by atoms with van der Waals surface area (Å²) in [6, 6.07) is 9.21. The van der Waals surface area contributed by atoms with Gasteiger partial charge < -0.3 is 10.6 Å². The van der Waals surface area contributed by atoms with Crippen LogP contribution in [0.3, 0.4) is 0 Å². The molecule has 2 amide bonds. The normalized spacial score (nSPS) is 21.0. The first-order chi connectivity index (χ1) is 10.2.